The van der Waals surface area contributed by atoms with Crippen LogP contribution in [0.3, 0.4) is 0 Å². The second-order valence-corrected chi connectivity index (χ2v) is 6.34. The maximum Gasteiger partial charge on any atom is 0.0650 e. The standard InChI is InChI=1S/C16H28N2O/c1-4-13(3)18-10-9-15(17-18)11-16(19)14-7-5-12(2)6-8-14/h9-10,12-14,16,19H,4-8,11H2,1-3H3. The largest absolute Gasteiger partial charge is 0.392 e. The van der Waals surface area contributed by atoms with E-state index in [1.165, 1.54) is 25.7 Å². The molecule has 1 N–H and O–H groups in total. The Labute approximate surface area is 117 Å². The molecule has 19 heavy (non-hydrogen) atoms. The Bertz CT molecular complexity index is 380. The van der Waals surface area contributed by atoms with E-state index >= 15 is 0 Å². The number of aromatic nitrogens is 2. The molecule has 0 spiro atoms. The Morgan fingerprint density at radius 3 is 2.68 bits per heavy atom. The Hall–Kier alpha value is -0.830. The van der Waals surface area contributed by atoms with Gasteiger partial charge in [0, 0.05) is 18.7 Å². The van der Waals surface area contributed by atoms with Gasteiger partial charge in [-0.1, -0.05) is 26.7 Å². The number of rotatable bonds is 5. The van der Waals surface area contributed by atoms with Gasteiger partial charge in [-0.3, -0.25) is 4.68 Å². The first-order valence-electron chi connectivity index (χ1n) is 7.82. The number of hydrogen-bond donors (Lipinski definition) is 1. The normalized spacial score (nSPS) is 27.2. The first-order chi connectivity index (χ1) is 9.10. The van der Waals surface area contributed by atoms with Crippen molar-refractivity contribution >= 4 is 0 Å². The van der Waals surface area contributed by atoms with Crippen LogP contribution in [0, 0.1) is 11.8 Å². The smallest absolute Gasteiger partial charge is 0.0650 e. The highest BCUT2D eigenvalue weighted by atomic mass is 16.3. The molecule has 2 atom stereocenters. The van der Waals surface area contributed by atoms with Gasteiger partial charge >= 0.3 is 0 Å². The minimum Gasteiger partial charge on any atom is -0.392 e. The summed E-state index contributed by atoms with van der Waals surface area (Å²) in [5.41, 5.74) is 1.03. The third-order valence-electron chi connectivity index (χ3n) is 4.73. The molecule has 1 fully saturated rings. The molecule has 0 bridgehead atoms. The zero-order valence-corrected chi connectivity index (χ0v) is 12.5. The van der Waals surface area contributed by atoms with Gasteiger partial charge in [0.25, 0.3) is 0 Å². The highest BCUT2D eigenvalue weighted by Gasteiger charge is 2.25. The SMILES string of the molecule is CCC(C)n1ccc(CC(O)C2CCC(C)CC2)n1. The third-order valence-corrected chi connectivity index (χ3v) is 4.73. The summed E-state index contributed by atoms with van der Waals surface area (Å²) in [5, 5.41) is 15.0. The van der Waals surface area contributed by atoms with Gasteiger partial charge in [0.15, 0.2) is 0 Å². The van der Waals surface area contributed by atoms with Crippen LogP contribution in [0.25, 0.3) is 0 Å². The molecule has 1 aliphatic rings. The summed E-state index contributed by atoms with van der Waals surface area (Å²) in [4.78, 5) is 0. The lowest BCUT2D eigenvalue weighted by atomic mass is 9.79. The quantitative estimate of drug-likeness (QED) is 0.882. The van der Waals surface area contributed by atoms with Crippen LogP contribution in [0.2, 0.25) is 0 Å². The first kappa shape index (κ1) is 14.6. The van der Waals surface area contributed by atoms with E-state index in [-0.39, 0.29) is 6.10 Å². The van der Waals surface area contributed by atoms with Gasteiger partial charge in [-0.05, 0) is 44.1 Å². The van der Waals surface area contributed by atoms with Gasteiger partial charge in [0.2, 0.25) is 0 Å². The first-order valence-corrected chi connectivity index (χ1v) is 7.82. The second-order valence-electron chi connectivity index (χ2n) is 6.34. The van der Waals surface area contributed by atoms with Crippen molar-refractivity contribution in [3.8, 4) is 0 Å². The molecule has 0 aromatic carbocycles. The van der Waals surface area contributed by atoms with E-state index in [0.29, 0.717) is 18.4 Å². The van der Waals surface area contributed by atoms with Gasteiger partial charge in [-0.15, -0.1) is 0 Å². The molecule has 3 nitrogen and oxygen atoms in total. The van der Waals surface area contributed by atoms with E-state index < -0.39 is 0 Å². The van der Waals surface area contributed by atoms with Crippen LogP contribution in [0.1, 0.15) is 64.6 Å². The molecule has 0 aliphatic heterocycles. The summed E-state index contributed by atoms with van der Waals surface area (Å²) in [5.74, 6) is 1.32. The van der Waals surface area contributed by atoms with E-state index in [9.17, 15) is 5.11 Å². The minimum absolute atomic E-state index is 0.215. The summed E-state index contributed by atoms with van der Waals surface area (Å²) < 4.78 is 2.02. The fourth-order valence-electron chi connectivity index (χ4n) is 2.97. The molecule has 108 valence electrons. The highest BCUT2D eigenvalue weighted by molar-refractivity contribution is 5.02. The van der Waals surface area contributed by atoms with Crippen LogP contribution >= 0.6 is 0 Å². The fourth-order valence-corrected chi connectivity index (χ4v) is 2.97. The predicted molar refractivity (Wildman–Crippen MR) is 78.1 cm³/mol. The lowest BCUT2D eigenvalue weighted by Crippen LogP contribution is -2.27. The maximum absolute atomic E-state index is 10.4. The monoisotopic (exact) mass is 264 g/mol. The zero-order valence-electron chi connectivity index (χ0n) is 12.5. The molecule has 1 aliphatic carbocycles. The Morgan fingerprint density at radius 2 is 2.05 bits per heavy atom. The molecule has 1 aromatic heterocycles. The number of aliphatic hydroxyl groups excluding tert-OH is 1. The summed E-state index contributed by atoms with van der Waals surface area (Å²) in [6, 6.07) is 2.50. The van der Waals surface area contributed by atoms with E-state index in [1.54, 1.807) is 0 Å². The molecule has 1 saturated carbocycles. The van der Waals surface area contributed by atoms with Crippen LogP contribution in [-0.4, -0.2) is 21.0 Å². The Balaban J connectivity index is 1.88. The van der Waals surface area contributed by atoms with Gasteiger partial charge in [-0.25, -0.2) is 0 Å². The van der Waals surface area contributed by atoms with E-state index in [4.69, 9.17) is 0 Å². The predicted octanol–water partition coefficient (Wildman–Crippen LogP) is 3.58. The van der Waals surface area contributed by atoms with E-state index in [0.717, 1.165) is 18.0 Å². The molecule has 0 amide bonds. The van der Waals surface area contributed by atoms with Crippen LogP contribution in [0.15, 0.2) is 12.3 Å². The molecule has 3 heteroatoms. The zero-order chi connectivity index (χ0) is 13.8. The topological polar surface area (TPSA) is 38.0 Å². The van der Waals surface area contributed by atoms with Crippen molar-refractivity contribution in [2.45, 2.75) is 71.4 Å². The summed E-state index contributed by atoms with van der Waals surface area (Å²) in [6.45, 7) is 6.66. The molecule has 2 rings (SSSR count). The van der Waals surface area contributed by atoms with Crippen molar-refractivity contribution in [3.05, 3.63) is 18.0 Å². The molecule has 0 saturated heterocycles. The molecule has 1 aromatic rings. The Kier molecular flexibility index (Phi) is 5.03. The lowest BCUT2D eigenvalue weighted by Gasteiger charge is -2.29. The third kappa shape index (κ3) is 3.82. The highest BCUT2D eigenvalue weighted by Crippen LogP contribution is 2.31. The van der Waals surface area contributed by atoms with Crippen molar-refractivity contribution in [1.29, 1.82) is 0 Å². The van der Waals surface area contributed by atoms with Crippen LogP contribution in [0.4, 0.5) is 0 Å². The number of nitrogens with zero attached hydrogens (tertiary/aromatic N) is 2. The fraction of sp³-hybridized carbons (Fsp3) is 0.812. The van der Waals surface area contributed by atoms with E-state index in [1.807, 2.05) is 10.9 Å². The van der Waals surface area contributed by atoms with Gasteiger partial charge < -0.3 is 5.11 Å². The van der Waals surface area contributed by atoms with Crippen LogP contribution in [-0.2, 0) is 6.42 Å². The number of hydrogen-bond acceptors (Lipinski definition) is 2. The van der Waals surface area contributed by atoms with Crippen molar-refractivity contribution in [2.24, 2.45) is 11.8 Å². The van der Waals surface area contributed by atoms with Crippen molar-refractivity contribution in [1.82, 2.24) is 9.78 Å². The molecule has 2 unspecified atom stereocenters. The molecule has 1 heterocycles. The average molecular weight is 264 g/mol. The van der Waals surface area contributed by atoms with Gasteiger partial charge in [0.05, 0.1) is 11.8 Å². The van der Waals surface area contributed by atoms with Crippen LogP contribution in [0.5, 0.6) is 0 Å². The lowest BCUT2D eigenvalue weighted by molar-refractivity contribution is 0.0751. The Morgan fingerprint density at radius 1 is 1.37 bits per heavy atom. The maximum atomic E-state index is 10.4. The summed E-state index contributed by atoms with van der Waals surface area (Å²) >= 11 is 0. The minimum atomic E-state index is -0.215. The van der Waals surface area contributed by atoms with Crippen molar-refractivity contribution in [2.75, 3.05) is 0 Å². The van der Waals surface area contributed by atoms with Gasteiger partial charge in [0.1, 0.15) is 0 Å². The molecular formula is C16H28N2O. The van der Waals surface area contributed by atoms with E-state index in [2.05, 4.69) is 31.9 Å². The average Bonchev–Trinajstić information content (AvgIpc) is 2.87. The van der Waals surface area contributed by atoms with Crippen molar-refractivity contribution in [3.63, 3.8) is 0 Å². The summed E-state index contributed by atoms with van der Waals surface area (Å²) in [6.07, 6.45) is 8.51. The summed E-state index contributed by atoms with van der Waals surface area (Å²) in [7, 11) is 0. The molecular weight excluding hydrogens is 236 g/mol. The van der Waals surface area contributed by atoms with Gasteiger partial charge in [-0.2, -0.15) is 5.10 Å². The van der Waals surface area contributed by atoms with Crippen LogP contribution < -0.4 is 0 Å². The number of aliphatic hydroxyl groups is 1. The van der Waals surface area contributed by atoms with Crippen molar-refractivity contribution < 1.29 is 5.11 Å². The molecule has 0 radical (unpaired) electrons. The second kappa shape index (κ2) is 6.56.